The van der Waals surface area contributed by atoms with Crippen LogP contribution in [0, 0.1) is 30.6 Å². The number of allylic oxidation sites excluding steroid dienone is 2. The van der Waals surface area contributed by atoms with Crippen LogP contribution in [0.15, 0.2) is 41.2 Å². The lowest BCUT2D eigenvalue weighted by atomic mass is 9.78. The van der Waals surface area contributed by atoms with E-state index in [-0.39, 0.29) is 51.1 Å². The third-order valence-corrected chi connectivity index (χ3v) is 11.9. The second kappa shape index (κ2) is 20.8. The molecule has 4 aliphatic rings. The third kappa shape index (κ3) is 10.3. The van der Waals surface area contributed by atoms with E-state index in [2.05, 4.69) is 15.3 Å². The van der Waals surface area contributed by atoms with Crippen molar-refractivity contribution in [3.8, 4) is 23.0 Å². The zero-order valence-electron chi connectivity index (χ0n) is 37.5. The van der Waals surface area contributed by atoms with Crippen LogP contribution >= 0.6 is 0 Å². The minimum Gasteiger partial charge on any atom is -0.507 e. The average molecular weight is 869 g/mol. The number of phenolic OH excluding ortho intramolecular Hbond substituents is 3. The van der Waals surface area contributed by atoms with Crippen LogP contribution in [0.4, 0.5) is 5.69 Å². The molecule has 17 heteroatoms. The number of aliphatic hydroxyl groups excluding tert-OH is 3. The smallest absolute Gasteiger partial charge is 0.312 e. The van der Waals surface area contributed by atoms with Crippen molar-refractivity contribution in [1.29, 1.82) is 0 Å². The minimum atomic E-state index is -2.04. The summed E-state index contributed by atoms with van der Waals surface area (Å²) in [5.41, 5.74) is -0.350. The maximum absolute atomic E-state index is 14.4. The number of nitrogens with zero attached hydrogens (tertiary/aromatic N) is 3. The van der Waals surface area contributed by atoms with E-state index in [1.165, 1.54) is 59.4 Å². The third-order valence-electron chi connectivity index (χ3n) is 11.9. The lowest BCUT2D eigenvalue weighted by Crippen LogP contribution is -2.46. The largest absolute Gasteiger partial charge is 0.507 e. The fourth-order valence-corrected chi connectivity index (χ4v) is 7.92. The number of carbonyl (C=O) groups excluding carboxylic acids is 3. The molecule has 6 rings (SSSR count). The normalized spacial score (nSPS) is 28.9. The van der Waals surface area contributed by atoms with Gasteiger partial charge in [-0.3, -0.25) is 19.4 Å². The van der Waals surface area contributed by atoms with Gasteiger partial charge in [-0.15, -0.1) is 0 Å². The quantitative estimate of drug-likeness (QED) is 0.0980. The number of rotatable bonds is 4. The first kappa shape index (κ1) is 49.5. The molecule has 342 valence electrons. The molecular formula is C45H64N4O13. The summed E-state index contributed by atoms with van der Waals surface area (Å²) in [4.78, 5) is 42.6. The molecule has 0 unspecified atom stereocenters. The molecular weight excluding hydrogens is 805 g/mol. The van der Waals surface area contributed by atoms with E-state index in [0.717, 1.165) is 13.1 Å². The Morgan fingerprint density at radius 3 is 2.19 bits per heavy atom. The standard InChI is InChI=1S/C43H58N4O12.C2H6O/c1-21-12-11-13-22(2)42(55)45-33-28(20-44-47-17-15-46(9)16-18-47)37(52)30-31(38(33)53)36(51)26(6)40-32(30)41(54)43(8,59-40)57-19-14-29(56-10)23(3)39(58-27(7)48)25(5)35(50)24(4)34(21)49;1-2-3/h11-14,19-21,23-25,29,34-35,39,49-53H,15-18H2,1-10H3,(H,45,55);3H,2H2,1H3/t21-,23+,24+,25+,29-,34-,35+,39+,43-;/m0./s1. The number of hydrogen-bond acceptors (Lipinski definition) is 16. The predicted octanol–water partition coefficient (Wildman–Crippen LogP) is 4.33. The van der Waals surface area contributed by atoms with Gasteiger partial charge in [0.15, 0.2) is 5.75 Å². The Labute approximate surface area is 362 Å². The number of benzene rings is 2. The van der Waals surface area contributed by atoms with Gasteiger partial charge < -0.3 is 59.8 Å². The number of likely N-dealkylation sites (N-methyl/N-ethyl adjacent to an activating group) is 1. The second-order valence-electron chi connectivity index (χ2n) is 16.4. The number of Topliss-reactive ketones (excluding diaryl/α,β-unsaturated/α-hetero) is 1. The molecule has 0 aliphatic carbocycles. The van der Waals surface area contributed by atoms with Crippen molar-refractivity contribution < 1.29 is 64.0 Å². The van der Waals surface area contributed by atoms with Crippen molar-refractivity contribution in [1.82, 2.24) is 9.91 Å². The number of phenols is 3. The van der Waals surface area contributed by atoms with Gasteiger partial charge in [-0.1, -0.05) is 45.9 Å². The zero-order chi connectivity index (χ0) is 46.4. The summed E-state index contributed by atoms with van der Waals surface area (Å²) in [6.07, 6.45) is 4.86. The van der Waals surface area contributed by atoms with Crippen LogP contribution in [0.5, 0.6) is 23.0 Å². The number of methoxy groups -OCH3 is 1. The number of hydrogen-bond donors (Lipinski definition) is 7. The van der Waals surface area contributed by atoms with Gasteiger partial charge in [0, 0.05) is 93.9 Å². The summed E-state index contributed by atoms with van der Waals surface area (Å²) in [7, 11) is 3.42. The summed E-state index contributed by atoms with van der Waals surface area (Å²) in [5, 5.41) is 74.4. The minimum absolute atomic E-state index is 0.0559. The number of nitrogens with one attached hydrogen (secondary N) is 1. The Bertz CT molecular complexity index is 2090. The lowest BCUT2D eigenvalue weighted by molar-refractivity contribution is -0.160. The molecule has 7 N–H and O–H groups in total. The second-order valence-corrected chi connectivity index (χ2v) is 16.4. The van der Waals surface area contributed by atoms with E-state index in [4.69, 9.17) is 24.1 Å². The van der Waals surface area contributed by atoms with Crippen molar-refractivity contribution in [2.45, 2.75) is 92.5 Å². The number of ketones is 1. The number of fused-ring (bicyclic) bond motifs is 14. The van der Waals surface area contributed by atoms with Crippen LogP contribution in [0.3, 0.4) is 0 Å². The van der Waals surface area contributed by atoms with Gasteiger partial charge in [0.1, 0.15) is 23.4 Å². The van der Waals surface area contributed by atoms with Gasteiger partial charge >= 0.3 is 11.8 Å². The Morgan fingerprint density at radius 1 is 0.968 bits per heavy atom. The first-order chi connectivity index (χ1) is 29.1. The van der Waals surface area contributed by atoms with E-state index in [1.54, 1.807) is 51.8 Å². The van der Waals surface area contributed by atoms with Gasteiger partial charge in [0.05, 0.1) is 53.0 Å². The van der Waals surface area contributed by atoms with E-state index < -0.39 is 88.8 Å². The highest BCUT2D eigenvalue weighted by Crippen LogP contribution is 2.55. The number of aliphatic hydroxyl groups is 3. The highest BCUT2D eigenvalue weighted by molar-refractivity contribution is 6.23. The molecule has 0 radical (unpaired) electrons. The summed E-state index contributed by atoms with van der Waals surface area (Å²) < 4.78 is 23.6. The van der Waals surface area contributed by atoms with Crippen molar-refractivity contribution in [3.05, 3.63) is 52.8 Å². The Kier molecular flexibility index (Phi) is 16.6. The molecule has 2 aromatic carbocycles. The van der Waals surface area contributed by atoms with Gasteiger partial charge in [-0.05, 0) is 33.9 Å². The molecule has 4 heterocycles. The fraction of sp³-hybridized carbons (Fsp3) is 0.556. The monoisotopic (exact) mass is 868 g/mol. The number of piperazine rings is 1. The summed E-state index contributed by atoms with van der Waals surface area (Å²) in [5.74, 6) is -8.34. The molecule has 1 amide bonds. The van der Waals surface area contributed by atoms with Crippen molar-refractivity contribution in [3.63, 3.8) is 0 Å². The summed E-state index contributed by atoms with van der Waals surface area (Å²) in [6, 6.07) is 0. The molecule has 0 spiro atoms. The number of hydrazone groups is 1. The number of amides is 1. The first-order valence-corrected chi connectivity index (χ1v) is 20.8. The molecule has 1 fully saturated rings. The first-order valence-electron chi connectivity index (χ1n) is 20.8. The highest BCUT2D eigenvalue weighted by atomic mass is 16.7. The molecule has 0 saturated carbocycles. The van der Waals surface area contributed by atoms with Crippen LogP contribution in [-0.2, 0) is 23.8 Å². The maximum Gasteiger partial charge on any atom is 0.312 e. The predicted molar refractivity (Wildman–Crippen MR) is 233 cm³/mol. The summed E-state index contributed by atoms with van der Waals surface area (Å²) in [6.45, 7) is 17.0. The van der Waals surface area contributed by atoms with Crippen molar-refractivity contribution in [2.24, 2.45) is 28.8 Å². The molecule has 5 bridgehead atoms. The Morgan fingerprint density at radius 2 is 1.60 bits per heavy atom. The number of anilines is 1. The average Bonchev–Trinajstić information content (AvgIpc) is 3.49. The molecule has 9 atom stereocenters. The van der Waals surface area contributed by atoms with E-state index in [1.807, 2.05) is 7.05 Å². The van der Waals surface area contributed by atoms with Gasteiger partial charge in [0.25, 0.3) is 11.7 Å². The van der Waals surface area contributed by atoms with Crippen molar-refractivity contribution in [2.75, 3.05) is 52.3 Å². The number of aromatic hydroxyl groups is 3. The summed E-state index contributed by atoms with van der Waals surface area (Å²) >= 11 is 0. The van der Waals surface area contributed by atoms with Crippen LogP contribution in [0.1, 0.15) is 76.9 Å². The Balaban J connectivity index is 0.00000273. The van der Waals surface area contributed by atoms with E-state index >= 15 is 0 Å². The SMILES string of the molecule is CCO.CO[C@H]1C=CO[C@@]2(C)Oc3c(C)c(O)c4c(O)c(c(C=NN5CCN(C)CC5)c(O)c4c3C2=O)NC(=O)C(C)=CC=C[C@H](C)[C@H](O)[C@@H](C)[C@@H](O)[C@@H](C)[C@H](OC(C)=O)[C@@H]1C. The molecule has 17 nitrogen and oxygen atoms in total. The van der Waals surface area contributed by atoms with Crippen LogP contribution < -0.4 is 10.1 Å². The van der Waals surface area contributed by atoms with Crippen LogP contribution in [0.25, 0.3) is 10.8 Å². The molecule has 0 aromatic heterocycles. The number of esters is 1. The topological polar surface area (TPSA) is 240 Å². The van der Waals surface area contributed by atoms with E-state index in [0.29, 0.717) is 13.1 Å². The van der Waals surface area contributed by atoms with E-state index in [9.17, 15) is 39.9 Å². The van der Waals surface area contributed by atoms with Gasteiger partial charge in [0.2, 0.25) is 0 Å². The number of ether oxygens (including phenoxy) is 4. The fourth-order valence-electron chi connectivity index (χ4n) is 7.92. The molecule has 4 aliphatic heterocycles. The molecule has 1 saturated heterocycles. The molecule has 2 aromatic rings. The van der Waals surface area contributed by atoms with Crippen molar-refractivity contribution >= 4 is 40.3 Å². The van der Waals surface area contributed by atoms with Gasteiger partial charge in [-0.2, -0.15) is 5.10 Å². The highest BCUT2D eigenvalue weighted by Gasteiger charge is 2.50. The number of carbonyl (C=O) groups is 3. The zero-order valence-corrected chi connectivity index (χ0v) is 37.5. The van der Waals surface area contributed by atoms with Crippen LogP contribution in [-0.4, -0.2) is 142 Å². The van der Waals surface area contributed by atoms with Gasteiger partial charge in [-0.25, -0.2) is 0 Å². The lowest BCUT2D eigenvalue weighted by Gasteiger charge is -2.38. The Hall–Kier alpha value is -5.20. The maximum atomic E-state index is 14.4. The van der Waals surface area contributed by atoms with Crippen LogP contribution in [0.2, 0.25) is 0 Å². The molecule has 62 heavy (non-hydrogen) atoms.